The predicted molar refractivity (Wildman–Crippen MR) is 76.2 cm³/mol. The summed E-state index contributed by atoms with van der Waals surface area (Å²) in [5.41, 5.74) is 2.07. The first-order valence-electron chi connectivity index (χ1n) is 6.46. The third-order valence-corrected chi connectivity index (χ3v) is 5.35. The lowest BCUT2D eigenvalue weighted by molar-refractivity contribution is 0.430. The van der Waals surface area contributed by atoms with Gasteiger partial charge in [-0.25, -0.2) is 8.42 Å². The van der Waals surface area contributed by atoms with Gasteiger partial charge in [0.2, 0.25) is 10.0 Å². The molecule has 0 amide bonds. The van der Waals surface area contributed by atoms with Crippen LogP contribution in [0.25, 0.3) is 0 Å². The van der Waals surface area contributed by atoms with E-state index in [1.165, 1.54) is 4.31 Å². The van der Waals surface area contributed by atoms with E-state index in [4.69, 9.17) is 6.42 Å². The summed E-state index contributed by atoms with van der Waals surface area (Å²) in [5.74, 6) is 2.93. The van der Waals surface area contributed by atoms with Gasteiger partial charge < -0.3 is 0 Å². The van der Waals surface area contributed by atoms with Gasteiger partial charge in [-0.05, 0) is 55.9 Å². The van der Waals surface area contributed by atoms with E-state index in [1.54, 1.807) is 12.1 Å². The molecule has 1 aromatic rings. The second-order valence-corrected chi connectivity index (χ2v) is 7.13. The monoisotopic (exact) mass is 277 g/mol. The summed E-state index contributed by atoms with van der Waals surface area (Å²) >= 11 is 0. The Morgan fingerprint density at radius 1 is 1.32 bits per heavy atom. The minimum atomic E-state index is -3.47. The lowest BCUT2D eigenvalue weighted by Gasteiger charge is -2.20. The van der Waals surface area contributed by atoms with Gasteiger partial charge >= 0.3 is 0 Å². The number of hydrogen-bond donors (Lipinski definition) is 0. The molecule has 0 saturated heterocycles. The number of sulfonamides is 1. The Balaban J connectivity index is 2.32. The second kappa shape index (κ2) is 5.36. The molecule has 102 valence electrons. The normalized spacial score (nSPS) is 15.5. The maximum absolute atomic E-state index is 12.6. The quantitative estimate of drug-likeness (QED) is 0.775. The van der Waals surface area contributed by atoms with Crippen molar-refractivity contribution >= 4 is 10.0 Å². The van der Waals surface area contributed by atoms with E-state index in [2.05, 4.69) is 5.92 Å². The molecule has 0 aromatic heterocycles. The molecule has 0 unspecified atom stereocenters. The van der Waals surface area contributed by atoms with Gasteiger partial charge in [0.15, 0.2) is 0 Å². The molecule has 1 fully saturated rings. The molecular formula is C15H19NO2S. The minimum absolute atomic E-state index is 0.145. The summed E-state index contributed by atoms with van der Waals surface area (Å²) in [5, 5.41) is 0. The van der Waals surface area contributed by atoms with Crippen molar-refractivity contribution in [3.63, 3.8) is 0 Å². The molecule has 19 heavy (non-hydrogen) atoms. The fraction of sp³-hybridized carbons (Fsp3) is 0.467. The van der Waals surface area contributed by atoms with Crippen LogP contribution < -0.4 is 0 Å². The number of aryl methyl sites for hydroxylation is 2. The standard InChI is InChI=1S/C15H19NO2S/c1-4-9-16(11-14-6-7-14)19(17,18)15-8-5-12(2)13(3)10-15/h1,5,8,10,14H,6-7,9,11H2,2-3H3. The van der Waals surface area contributed by atoms with E-state index >= 15 is 0 Å². The van der Waals surface area contributed by atoms with Gasteiger partial charge in [0.1, 0.15) is 0 Å². The van der Waals surface area contributed by atoms with E-state index in [9.17, 15) is 8.42 Å². The molecule has 0 spiro atoms. The first-order chi connectivity index (χ1) is 8.95. The zero-order chi connectivity index (χ0) is 14.0. The predicted octanol–water partition coefficient (Wildman–Crippen LogP) is 2.34. The van der Waals surface area contributed by atoms with Crippen LogP contribution in [0.3, 0.4) is 0 Å². The molecule has 1 saturated carbocycles. The molecule has 1 aromatic carbocycles. The third kappa shape index (κ3) is 3.17. The van der Waals surface area contributed by atoms with Gasteiger partial charge in [-0.2, -0.15) is 4.31 Å². The molecule has 0 heterocycles. The van der Waals surface area contributed by atoms with Crippen molar-refractivity contribution in [2.24, 2.45) is 5.92 Å². The number of benzene rings is 1. The Morgan fingerprint density at radius 3 is 2.53 bits per heavy atom. The Kier molecular flexibility index (Phi) is 3.98. The van der Waals surface area contributed by atoms with E-state index in [0.717, 1.165) is 24.0 Å². The van der Waals surface area contributed by atoms with Crippen LogP contribution in [0.15, 0.2) is 23.1 Å². The summed E-state index contributed by atoms with van der Waals surface area (Å²) in [4.78, 5) is 0.339. The van der Waals surface area contributed by atoms with Gasteiger partial charge in [0, 0.05) is 6.54 Å². The van der Waals surface area contributed by atoms with Gasteiger partial charge in [-0.3, -0.25) is 0 Å². The van der Waals surface area contributed by atoms with Crippen molar-refractivity contribution in [2.45, 2.75) is 31.6 Å². The van der Waals surface area contributed by atoms with E-state index in [1.807, 2.05) is 19.9 Å². The molecular weight excluding hydrogens is 258 g/mol. The van der Waals surface area contributed by atoms with Crippen LogP contribution in [0.1, 0.15) is 24.0 Å². The highest BCUT2D eigenvalue weighted by Gasteiger charge is 2.31. The summed E-state index contributed by atoms with van der Waals surface area (Å²) < 4.78 is 26.6. The average Bonchev–Trinajstić information content (AvgIpc) is 3.16. The van der Waals surface area contributed by atoms with Crippen molar-refractivity contribution in [3.8, 4) is 12.3 Å². The van der Waals surface area contributed by atoms with Crippen molar-refractivity contribution in [1.29, 1.82) is 0 Å². The molecule has 1 aliphatic rings. The van der Waals surface area contributed by atoms with Crippen LogP contribution in [0, 0.1) is 32.1 Å². The van der Waals surface area contributed by atoms with Crippen molar-refractivity contribution in [1.82, 2.24) is 4.31 Å². The highest BCUT2D eigenvalue weighted by atomic mass is 32.2. The van der Waals surface area contributed by atoms with Gasteiger partial charge in [-0.1, -0.05) is 12.0 Å². The lowest BCUT2D eigenvalue weighted by atomic mass is 10.1. The number of rotatable bonds is 5. The number of terminal acetylenes is 1. The lowest BCUT2D eigenvalue weighted by Crippen LogP contribution is -2.33. The van der Waals surface area contributed by atoms with Crippen molar-refractivity contribution in [3.05, 3.63) is 29.3 Å². The van der Waals surface area contributed by atoms with Gasteiger partial charge in [-0.15, -0.1) is 6.42 Å². The van der Waals surface area contributed by atoms with E-state index < -0.39 is 10.0 Å². The Bertz CT molecular complexity index is 610. The van der Waals surface area contributed by atoms with Crippen molar-refractivity contribution < 1.29 is 8.42 Å². The van der Waals surface area contributed by atoms with Crippen LogP contribution in [-0.2, 0) is 10.0 Å². The van der Waals surface area contributed by atoms with Crippen LogP contribution in [0.5, 0.6) is 0 Å². The van der Waals surface area contributed by atoms with Gasteiger partial charge in [0.05, 0.1) is 11.4 Å². The topological polar surface area (TPSA) is 37.4 Å². The first kappa shape index (κ1) is 14.1. The van der Waals surface area contributed by atoms with Crippen LogP contribution in [-0.4, -0.2) is 25.8 Å². The summed E-state index contributed by atoms with van der Waals surface area (Å²) in [7, 11) is -3.47. The molecule has 4 heteroatoms. The summed E-state index contributed by atoms with van der Waals surface area (Å²) in [6.07, 6.45) is 7.50. The third-order valence-electron chi connectivity index (χ3n) is 3.54. The number of nitrogens with zero attached hydrogens (tertiary/aromatic N) is 1. The molecule has 0 N–H and O–H groups in total. The largest absolute Gasteiger partial charge is 0.243 e. The molecule has 0 atom stereocenters. The van der Waals surface area contributed by atoms with Crippen LogP contribution >= 0.6 is 0 Å². The van der Waals surface area contributed by atoms with Gasteiger partial charge in [0.25, 0.3) is 0 Å². The molecule has 2 rings (SSSR count). The Labute approximate surface area is 115 Å². The van der Waals surface area contributed by atoms with Crippen LogP contribution in [0.2, 0.25) is 0 Å². The van der Waals surface area contributed by atoms with E-state index in [0.29, 0.717) is 17.4 Å². The highest BCUT2D eigenvalue weighted by Crippen LogP contribution is 2.31. The highest BCUT2D eigenvalue weighted by molar-refractivity contribution is 7.89. The minimum Gasteiger partial charge on any atom is -0.207 e. The maximum Gasteiger partial charge on any atom is 0.243 e. The fourth-order valence-corrected chi connectivity index (χ4v) is 3.48. The fourth-order valence-electron chi connectivity index (χ4n) is 1.96. The second-order valence-electron chi connectivity index (χ2n) is 5.19. The van der Waals surface area contributed by atoms with Crippen molar-refractivity contribution in [2.75, 3.05) is 13.1 Å². The Morgan fingerprint density at radius 2 is 2.00 bits per heavy atom. The maximum atomic E-state index is 12.6. The average molecular weight is 277 g/mol. The molecule has 0 bridgehead atoms. The van der Waals surface area contributed by atoms with E-state index in [-0.39, 0.29) is 6.54 Å². The molecule has 1 aliphatic carbocycles. The summed E-state index contributed by atoms with van der Waals surface area (Å²) in [6.45, 7) is 4.57. The zero-order valence-corrected chi connectivity index (χ0v) is 12.2. The molecule has 0 radical (unpaired) electrons. The Hall–Kier alpha value is -1.31. The SMILES string of the molecule is C#CCN(CC1CC1)S(=O)(=O)c1ccc(C)c(C)c1. The summed E-state index contributed by atoms with van der Waals surface area (Å²) in [6, 6.07) is 5.22. The smallest absolute Gasteiger partial charge is 0.207 e. The van der Waals surface area contributed by atoms with Crippen LogP contribution in [0.4, 0.5) is 0 Å². The first-order valence-corrected chi connectivity index (χ1v) is 7.90. The zero-order valence-electron chi connectivity index (χ0n) is 11.4. The number of hydrogen-bond acceptors (Lipinski definition) is 2. The molecule has 0 aliphatic heterocycles. The molecule has 3 nitrogen and oxygen atoms in total.